The van der Waals surface area contributed by atoms with E-state index in [1.807, 2.05) is 27.7 Å². The van der Waals surface area contributed by atoms with Gasteiger partial charge in [-0.25, -0.2) is 0 Å². The summed E-state index contributed by atoms with van der Waals surface area (Å²) in [6.45, 7) is 8.81. The van der Waals surface area contributed by atoms with E-state index < -0.39 is 8.25 Å². The lowest BCUT2D eigenvalue weighted by Crippen LogP contribution is -2.32. The van der Waals surface area contributed by atoms with Gasteiger partial charge in [-0.1, -0.05) is 50.9 Å². The van der Waals surface area contributed by atoms with Gasteiger partial charge in [0.05, 0.1) is 24.4 Å². The number of ether oxygens (including phenoxy) is 2. The molecule has 0 atom stereocenters. The molecule has 5 nitrogen and oxygen atoms in total. The normalized spacial score (nSPS) is 13.0. The van der Waals surface area contributed by atoms with Gasteiger partial charge in [0.1, 0.15) is 12.1 Å². The molecule has 24 heavy (non-hydrogen) atoms. The van der Waals surface area contributed by atoms with Crippen molar-refractivity contribution in [3.63, 3.8) is 0 Å². The van der Waals surface area contributed by atoms with E-state index in [-0.39, 0.29) is 23.3 Å². The lowest BCUT2D eigenvalue weighted by Gasteiger charge is -2.31. The first kappa shape index (κ1) is 24.7. The maximum atomic E-state index is 11.9. The van der Waals surface area contributed by atoms with Crippen LogP contribution in [0.4, 0.5) is 0 Å². The Labute approximate surface area is 157 Å². The van der Waals surface area contributed by atoms with E-state index in [2.05, 4.69) is 0 Å². The maximum Gasteiger partial charge on any atom is 0.319 e. The Morgan fingerprint density at radius 3 is 1.33 bits per heavy atom. The van der Waals surface area contributed by atoms with Gasteiger partial charge in [0.15, 0.2) is 0 Å². The first-order valence-corrected chi connectivity index (χ1v) is 11.0. The quantitative estimate of drug-likeness (QED) is 0.242. The van der Waals surface area contributed by atoms with Gasteiger partial charge < -0.3 is 18.5 Å². The highest BCUT2D eigenvalue weighted by Crippen LogP contribution is 2.31. The fraction of sp³-hybridized carbons (Fsp3) is 1.00. The van der Waals surface area contributed by atoms with Gasteiger partial charge in [-0.3, -0.25) is 4.57 Å². The fourth-order valence-electron chi connectivity index (χ4n) is 2.67. The maximum absolute atomic E-state index is 11.9. The molecule has 0 aromatic heterocycles. The van der Waals surface area contributed by atoms with Crippen molar-refractivity contribution in [2.24, 2.45) is 0 Å². The number of hydrogen-bond donors (Lipinski definition) is 0. The Kier molecular flexibility index (Phi) is 14.2. The molecular weight excluding hydrogens is 374 g/mol. The van der Waals surface area contributed by atoms with Crippen molar-refractivity contribution in [1.82, 2.24) is 0 Å². The molecule has 0 unspecified atom stereocenters. The van der Waals surface area contributed by atoms with Gasteiger partial charge in [-0.2, -0.15) is 0 Å². The molecule has 8 heteroatoms. The zero-order valence-corrected chi connectivity index (χ0v) is 17.9. The second kappa shape index (κ2) is 13.8. The van der Waals surface area contributed by atoms with Crippen LogP contribution in [0.1, 0.15) is 66.2 Å². The van der Waals surface area contributed by atoms with Gasteiger partial charge >= 0.3 is 8.25 Å². The molecule has 0 spiro atoms. The van der Waals surface area contributed by atoms with Crippen LogP contribution in [0, 0.1) is 0 Å². The molecule has 0 aliphatic heterocycles. The van der Waals surface area contributed by atoms with Crippen molar-refractivity contribution in [3.8, 4) is 0 Å². The Hall–Kier alpha value is 0.650. The molecular formula is C16H33Cl2O5P. The van der Waals surface area contributed by atoms with Crippen molar-refractivity contribution >= 4 is 31.5 Å². The average Bonchev–Trinajstić information content (AvgIpc) is 2.60. The summed E-state index contributed by atoms with van der Waals surface area (Å²) in [5, 5.41) is 0. The second-order valence-corrected chi connectivity index (χ2v) is 7.25. The van der Waals surface area contributed by atoms with Crippen LogP contribution >= 0.6 is 31.5 Å². The Morgan fingerprint density at radius 1 is 0.750 bits per heavy atom. The van der Waals surface area contributed by atoms with Crippen molar-refractivity contribution in [2.45, 2.75) is 77.4 Å². The van der Waals surface area contributed by atoms with Crippen LogP contribution in [0.5, 0.6) is 0 Å². The highest BCUT2D eigenvalue weighted by atomic mass is 35.5. The Morgan fingerprint density at radius 2 is 1.08 bits per heavy atom. The third-order valence-electron chi connectivity index (χ3n) is 4.85. The molecule has 0 rings (SSSR count). The van der Waals surface area contributed by atoms with E-state index in [1.165, 1.54) is 0 Å². The molecule has 0 aliphatic carbocycles. The van der Waals surface area contributed by atoms with Crippen LogP contribution in [-0.2, 0) is 23.1 Å². The molecule has 0 fully saturated rings. The van der Waals surface area contributed by atoms with Crippen LogP contribution in [0.25, 0.3) is 0 Å². The largest absolute Gasteiger partial charge is 0.359 e. The summed E-state index contributed by atoms with van der Waals surface area (Å²) in [5.41, 5.74) is -0.644. The Bertz CT molecular complexity index is 306. The van der Waals surface area contributed by atoms with Crippen molar-refractivity contribution in [2.75, 3.05) is 25.3 Å². The fourth-order valence-corrected chi connectivity index (χ4v) is 3.76. The third-order valence-corrected chi connectivity index (χ3v) is 5.95. The van der Waals surface area contributed by atoms with Crippen molar-refractivity contribution < 1.29 is 23.1 Å². The summed E-state index contributed by atoms with van der Waals surface area (Å²) in [6, 6.07) is 0.286. The molecule has 0 saturated heterocycles. The van der Waals surface area contributed by atoms with Crippen LogP contribution in [0.2, 0.25) is 0 Å². The molecule has 0 radical (unpaired) electrons. The molecule has 146 valence electrons. The summed E-state index contributed by atoms with van der Waals surface area (Å²) >= 11 is 11.4. The molecule has 0 N–H and O–H groups in total. The van der Waals surface area contributed by atoms with Crippen molar-refractivity contribution in [3.05, 3.63) is 0 Å². The minimum atomic E-state index is -2.52. The van der Waals surface area contributed by atoms with Crippen LogP contribution in [0.3, 0.4) is 0 Å². The monoisotopic (exact) mass is 406 g/mol. The van der Waals surface area contributed by atoms with Gasteiger partial charge in [0.25, 0.3) is 0 Å². The van der Waals surface area contributed by atoms with E-state index in [4.69, 9.17) is 41.7 Å². The highest BCUT2D eigenvalue weighted by molar-refractivity contribution is 7.33. The minimum Gasteiger partial charge on any atom is -0.359 e. The van der Waals surface area contributed by atoms with E-state index >= 15 is 0 Å². The number of rotatable bonds is 16. The summed E-state index contributed by atoms with van der Waals surface area (Å²) < 4.78 is 33.8. The number of hydrogen-bond acceptors (Lipinski definition) is 5. The minimum absolute atomic E-state index is 0.143. The molecule has 0 aromatic rings. The van der Waals surface area contributed by atoms with Crippen molar-refractivity contribution in [1.29, 1.82) is 0 Å². The van der Waals surface area contributed by atoms with E-state index in [0.29, 0.717) is 26.1 Å². The van der Waals surface area contributed by atoms with Gasteiger partial charge in [0.2, 0.25) is 0 Å². The van der Waals surface area contributed by atoms with Gasteiger partial charge in [-0.05, 0) is 25.7 Å². The summed E-state index contributed by atoms with van der Waals surface area (Å²) in [4.78, 5) is 0. The number of halogens is 2. The summed E-state index contributed by atoms with van der Waals surface area (Å²) in [6.07, 6.45) is 4.57. The predicted octanol–water partition coefficient (Wildman–Crippen LogP) is 5.73. The molecule has 0 saturated carbocycles. The molecule has 0 aliphatic rings. The third kappa shape index (κ3) is 8.84. The van der Waals surface area contributed by atoms with E-state index in [1.54, 1.807) is 0 Å². The zero-order chi connectivity index (χ0) is 18.5. The average molecular weight is 407 g/mol. The van der Waals surface area contributed by atoms with Gasteiger partial charge in [0, 0.05) is 12.8 Å². The zero-order valence-electron chi connectivity index (χ0n) is 15.4. The SMILES string of the molecule is CCC(CC)(CCO[PH](=O)OCCC(CC)(CC)OCCl)OCCl. The molecule has 0 bridgehead atoms. The van der Waals surface area contributed by atoms with Gasteiger partial charge in [-0.15, -0.1) is 0 Å². The van der Waals surface area contributed by atoms with Crippen LogP contribution < -0.4 is 0 Å². The standard InChI is InChI=1S/C16H33Cl2O5P/c1-5-15(6-2,20-13-17)9-11-22-24(19)23-12-10-16(7-3,8-4)21-14-18/h24H,5-14H2,1-4H3. The smallest absolute Gasteiger partial charge is 0.319 e. The number of alkyl halides is 2. The summed E-state index contributed by atoms with van der Waals surface area (Å²) in [7, 11) is -2.52. The highest BCUT2D eigenvalue weighted by Gasteiger charge is 2.28. The van der Waals surface area contributed by atoms with Crippen LogP contribution in [0.15, 0.2) is 0 Å². The van der Waals surface area contributed by atoms with Crippen LogP contribution in [-0.4, -0.2) is 36.5 Å². The molecule has 0 amide bonds. The predicted molar refractivity (Wildman–Crippen MR) is 100 cm³/mol. The molecule has 0 aromatic carbocycles. The lowest BCUT2D eigenvalue weighted by molar-refractivity contribution is -0.0458. The first-order chi connectivity index (χ1) is 11.5. The molecule has 0 heterocycles. The topological polar surface area (TPSA) is 54.0 Å². The van der Waals surface area contributed by atoms with E-state index in [0.717, 1.165) is 25.7 Å². The first-order valence-electron chi connectivity index (χ1n) is 8.66. The summed E-state index contributed by atoms with van der Waals surface area (Å²) in [5.74, 6) is 0. The Balaban J connectivity index is 4.18. The lowest BCUT2D eigenvalue weighted by atomic mass is 9.94. The van der Waals surface area contributed by atoms with E-state index in [9.17, 15) is 4.57 Å². The second-order valence-electron chi connectivity index (χ2n) is 5.73.